The van der Waals surface area contributed by atoms with Crippen LogP contribution in [0.15, 0.2) is 41.1 Å². The Bertz CT molecular complexity index is 964. The first-order valence-electron chi connectivity index (χ1n) is 9.47. The lowest BCUT2D eigenvalue weighted by Gasteiger charge is -2.37. The van der Waals surface area contributed by atoms with Gasteiger partial charge in [-0.15, -0.1) is 0 Å². The Morgan fingerprint density at radius 2 is 1.77 bits per heavy atom. The maximum Gasteiger partial charge on any atom is 0.303 e. The molecule has 0 bridgehead atoms. The van der Waals surface area contributed by atoms with Gasteiger partial charge in [-0.2, -0.15) is 4.57 Å². The lowest BCUT2D eigenvalue weighted by atomic mass is 10.00. The van der Waals surface area contributed by atoms with E-state index in [2.05, 4.69) is 15.9 Å². The molecule has 1 aromatic carbocycles. The molecule has 2 aromatic rings. The Hall–Kier alpha value is -2.52. The number of pyridine rings is 1. The summed E-state index contributed by atoms with van der Waals surface area (Å²) in [5, 5.41) is 2.02. The van der Waals surface area contributed by atoms with Gasteiger partial charge in [0.25, 0.3) is 6.23 Å². The third-order valence-corrected chi connectivity index (χ3v) is 5.30. The SMILES string of the molecule is CC(=O)OC[C@H]1O[C@@H]([n+]2cc(Br)c3ccccc3c2)C[C@@H](OC(C)=O)[C@@H]1OC(C)=O. The van der Waals surface area contributed by atoms with Crippen LogP contribution in [0.3, 0.4) is 0 Å². The predicted octanol–water partition coefficient (Wildman–Crippen LogP) is 2.60. The van der Waals surface area contributed by atoms with E-state index in [0.29, 0.717) is 0 Å². The molecule has 0 aliphatic carbocycles. The number of carbonyl (C=O) groups is 3. The highest BCUT2D eigenvalue weighted by atomic mass is 79.9. The summed E-state index contributed by atoms with van der Waals surface area (Å²) in [7, 11) is 0. The highest BCUT2D eigenvalue weighted by Gasteiger charge is 2.47. The van der Waals surface area contributed by atoms with Gasteiger partial charge >= 0.3 is 17.9 Å². The van der Waals surface area contributed by atoms with Crippen LogP contribution in [-0.2, 0) is 33.3 Å². The number of hydrogen-bond donors (Lipinski definition) is 0. The first-order valence-corrected chi connectivity index (χ1v) is 10.3. The van der Waals surface area contributed by atoms with Gasteiger partial charge in [0.15, 0.2) is 24.6 Å². The van der Waals surface area contributed by atoms with E-state index in [9.17, 15) is 14.4 Å². The summed E-state index contributed by atoms with van der Waals surface area (Å²) in [6.07, 6.45) is 1.04. The maximum atomic E-state index is 11.7. The molecule has 30 heavy (non-hydrogen) atoms. The fourth-order valence-electron chi connectivity index (χ4n) is 3.50. The van der Waals surface area contributed by atoms with Gasteiger partial charge in [-0.3, -0.25) is 14.4 Å². The lowest BCUT2D eigenvalue weighted by molar-refractivity contribution is -0.769. The van der Waals surface area contributed by atoms with Crippen molar-refractivity contribution in [3.63, 3.8) is 0 Å². The van der Waals surface area contributed by atoms with Crippen LogP contribution in [-0.4, -0.2) is 42.8 Å². The molecule has 0 N–H and O–H groups in total. The Morgan fingerprint density at radius 1 is 1.07 bits per heavy atom. The molecule has 3 rings (SSSR count). The number of carbonyl (C=O) groups excluding carboxylic acids is 3. The number of hydrogen-bond acceptors (Lipinski definition) is 7. The van der Waals surface area contributed by atoms with Crippen molar-refractivity contribution in [3.05, 3.63) is 41.1 Å². The molecule has 9 heteroatoms. The molecule has 1 saturated heterocycles. The van der Waals surface area contributed by atoms with Crippen LogP contribution in [0.4, 0.5) is 0 Å². The summed E-state index contributed by atoms with van der Waals surface area (Å²) in [6.45, 7) is 3.68. The summed E-state index contributed by atoms with van der Waals surface area (Å²) < 4.78 is 24.8. The molecule has 4 atom stereocenters. The van der Waals surface area contributed by atoms with Gasteiger partial charge in [-0.1, -0.05) is 18.2 Å². The standard InChI is InChI=1S/C21H23BrNO7/c1-12(24)27-11-19-21(29-14(3)26)18(28-13(2)25)8-20(30-19)23-9-15-6-4-5-7-16(15)17(22)10-23/h4-7,9-10,18-21H,8,11H2,1-3H3/q+1/t18-,19-,20-,21+/m1/s1. The second kappa shape index (κ2) is 9.53. The number of nitrogens with zero attached hydrogens (tertiary/aromatic N) is 1. The van der Waals surface area contributed by atoms with Crippen LogP contribution in [0.5, 0.6) is 0 Å². The van der Waals surface area contributed by atoms with Crippen molar-refractivity contribution in [2.45, 2.75) is 51.7 Å². The van der Waals surface area contributed by atoms with Crippen molar-refractivity contribution in [2.24, 2.45) is 0 Å². The quantitative estimate of drug-likeness (QED) is 0.368. The first-order chi connectivity index (χ1) is 14.2. The van der Waals surface area contributed by atoms with E-state index < -0.39 is 42.4 Å². The average Bonchev–Trinajstić information content (AvgIpc) is 2.67. The number of fused-ring (bicyclic) bond motifs is 1. The molecule has 0 amide bonds. The molecule has 0 spiro atoms. The Balaban J connectivity index is 1.96. The summed E-state index contributed by atoms with van der Waals surface area (Å²) in [4.78, 5) is 34.7. The van der Waals surface area contributed by atoms with E-state index in [4.69, 9.17) is 18.9 Å². The van der Waals surface area contributed by atoms with Crippen molar-refractivity contribution in [3.8, 4) is 0 Å². The summed E-state index contributed by atoms with van der Waals surface area (Å²) in [5.41, 5.74) is 0. The van der Waals surface area contributed by atoms with Crippen molar-refractivity contribution in [2.75, 3.05) is 6.61 Å². The average molecular weight is 481 g/mol. The number of rotatable bonds is 5. The second-order valence-electron chi connectivity index (χ2n) is 7.03. The minimum Gasteiger partial charge on any atom is -0.463 e. The van der Waals surface area contributed by atoms with Crippen molar-refractivity contribution in [1.29, 1.82) is 0 Å². The van der Waals surface area contributed by atoms with Crippen LogP contribution >= 0.6 is 15.9 Å². The van der Waals surface area contributed by atoms with Gasteiger partial charge in [0.05, 0.1) is 10.9 Å². The molecule has 1 aliphatic rings. The largest absolute Gasteiger partial charge is 0.463 e. The zero-order chi connectivity index (χ0) is 21.8. The fourth-order valence-corrected chi connectivity index (χ4v) is 4.09. The van der Waals surface area contributed by atoms with Crippen LogP contribution in [0.1, 0.15) is 33.4 Å². The summed E-state index contributed by atoms with van der Waals surface area (Å²) in [6, 6.07) is 7.85. The molecule has 1 aliphatic heterocycles. The van der Waals surface area contributed by atoms with E-state index in [1.807, 2.05) is 41.2 Å². The van der Waals surface area contributed by atoms with E-state index in [0.717, 1.165) is 15.2 Å². The van der Waals surface area contributed by atoms with Crippen molar-refractivity contribution >= 4 is 44.6 Å². The van der Waals surface area contributed by atoms with Crippen molar-refractivity contribution in [1.82, 2.24) is 0 Å². The zero-order valence-electron chi connectivity index (χ0n) is 16.9. The van der Waals surface area contributed by atoms with Gasteiger partial charge in [0, 0.05) is 31.5 Å². The Labute approximate surface area is 182 Å². The molecule has 1 aromatic heterocycles. The molecule has 8 nitrogen and oxygen atoms in total. The molecular weight excluding hydrogens is 458 g/mol. The number of halogens is 1. The van der Waals surface area contributed by atoms with E-state index in [1.165, 1.54) is 20.8 Å². The minimum absolute atomic E-state index is 0.142. The molecule has 0 saturated carbocycles. The number of aromatic nitrogens is 1. The monoisotopic (exact) mass is 480 g/mol. The smallest absolute Gasteiger partial charge is 0.303 e. The topological polar surface area (TPSA) is 92.0 Å². The Kier molecular flexibility index (Phi) is 7.04. The normalized spacial score (nSPS) is 23.6. The van der Waals surface area contributed by atoms with Gasteiger partial charge < -0.3 is 18.9 Å². The molecule has 1 fully saturated rings. The van der Waals surface area contributed by atoms with Crippen molar-refractivity contribution < 1.29 is 37.9 Å². The predicted molar refractivity (Wildman–Crippen MR) is 108 cm³/mol. The van der Waals surface area contributed by atoms with Crippen LogP contribution in [0.2, 0.25) is 0 Å². The summed E-state index contributed by atoms with van der Waals surface area (Å²) in [5.74, 6) is -1.55. The van der Waals surface area contributed by atoms with Crippen LogP contribution in [0.25, 0.3) is 10.8 Å². The third kappa shape index (κ3) is 5.34. The van der Waals surface area contributed by atoms with Crippen LogP contribution in [0, 0.1) is 0 Å². The first kappa shape index (κ1) is 22.2. The van der Waals surface area contributed by atoms with Gasteiger partial charge in [0.1, 0.15) is 12.7 Å². The highest BCUT2D eigenvalue weighted by Crippen LogP contribution is 2.30. The molecule has 0 unspecified atom stereocenters. The van der Waals surface area contributed by atoms with Crippen LogP contribution < -0.4 is 4.57 Å². The minimum atomic E-state index is -0.897. The lowest BCUT2D eigenvalue weighted by Crippen LogP contribution is -2.57. The number of benzene rings is 1. The summed E-state index contributed by atoms with van der Waals surface area (Å²) >= 11 is 3.58. The van der Waals surface area contributed by atoms with E-state index in [-0.39, 0.29) is 13.0 Å². The Morgan fingerprint density at radius 3 is 2.43 bits per heavy atom. The molecular formula is C21H23BrNO7+. The van der Waals surface area contributed by atoms with Gasteiger partial charge in [0.2, 0.25) is 0 Å². The fraction of sp³-hybridized carbons (Fsp3) is 0.429. The molecule has 2 heterocycles. The zero-order valence-corrected chi connectivity index (χ0v) is 18.5. The van der Waals surface area contributed by atoms with E-state index >= 15 is 0 Å². The molecule has 0 radical (unpaired) electrons. The third-order valence-electron chi connectivity index (χ3n) is 4.67. The number of esters is 3. The van der Waals surface area contributed by atoms with E-state index in [1.54, 1.807) is 0 Å². The number of ether oxygens (including phenoxy) is 4. The molecule has 160 valence electrons. The maximum absolute atomic E-state index is 11.7. The highest BCUT2D eigenvalue weighted by molar-refractivity contribution is 9.10. The van der Waals surface area contributed by atoms with Gasteiger partial charge in [-0.05, 0) is 22.0 Å². The van der Waals surface area contributed by atoms with Gasteiger partial charge in [-0.25, -0.2) is 0 Å². The second-order valence-corrected chi connectivity index (χ2v) is 7.88.